The lowest BCUT2D eigenvalue weighted by Crippen LogP contribution is -2.55. The first-order valence-electron chi connectivity index (χ1n) is 10.6. The van der Waals surface area contributed by atoms with Gasteiger partial charge < -0.3 is 14.7 Å². The molecule has 3 fully saturated rings. The number of piperazine rings is 1. The maximum Gasteiger partial charge on any atom is 0.238 e. The highest BCUT2D eigenvalue weighted by atomic mass is 16.2. The van der Waals surface area contributed by atoms with Gasteiger partial charge in [-0.3, -0.25) is 9.59 Å². The molecular formula is C22H31N3O2. The van der Waals surface area contributed by atoms with Gasteiger partial charge in [0.25, 0.3) is 0 Å². The van der Waals surface area contributed by atoms with E-state index in [1.807, 2.05) is 28.0 Å². The molecule has 4 rings (SSSR count). The Morgan fingerprint density at radius 2 is 1.67 bits per heavy atom. The van der Waals surface area contributed by atoms with E-state index in [0.717, 1.165) is 51.7 Å². The molecule has 2 saturated heterocycles. The highest BCUT2D eigenvalue weighted by Crippen LogP contribution is 2.50. The van der Waals surface area contributed by atoms with Crippen LogP contribution in [0.2, 0.25) is 0 Å². The predicted molar refractivity (Wildman–Crippen MR) is 107 cm³/mol. The molecule has 0 spiro atoms. The Morgan fingerprint density at radius 3 is 2.30 bits per heavy atom. The molecule has 0 radical (unpaired) electrons. The van der Waals surface area contributed by atoms with Crippen LogP contribution in [0.3, 0.4) is 0 Å². The van der Waals surface area contributed by atoms with Crippen LogP contribution in [0.25, 0.3) is 0 Å². The van der Waals surface area contributed by atoms with E-state index in [9.17, 15) is 9.59 Å². The van der Waals surface area contributed by atoms with Crippen molar-refractivity contribution in [2.24, 2.45) is 5.41 Å². The largest absolute Gasteiger partial charge is 0.368 e. The fourth-order valence-corrected chi connectivity index (χ4v) is 4.72. The van der Waals surface area contributed by atoms with Crippen LogP contribution >= 0.6 is 0 Å². The summed E-state index contributed by atoms with van der Waals surface area (Å²) in [7, 11) is 0. The molecule has 2 heterocycles. The number of piperidine rings is 1. The standard InChI is InChI=1S/C22H31N3O2/c1-2-18-8-6-7-13-25(18)21(27)22(11-12-22)20(26)24-16-14-23(15-17-24)19-9-4-3-5-10-19/h3-5,9-10,18H,2,6-8,11-17H2,1H3. The van der Waals surface area contributed by atoms with Gasteiger partial charge in [-0.25, -0.2) is 0 Å². The summed E-state index contributed by atoms with van der Waals surface area (Å²) in [5, 5.41) is 0. The topological polar surface area (TPSA) is 43.9 Å². The van der Waals surface area contributed by atoms with Gasteiger partial charge in [0.15, 0.2) is 0 Å². The van der Waals surface area contributed by atoms with Crippen molar-refractivity contribution in [3.05, 3.63) is 30.3 Å². The average Bonchev–Trinajstić information content (AvgIpc) is 3.55. The number of carbonyl (C=O) groups is 2. The Hall–Kier alpha value is -2.04. The van der Waals surface area contributed by atoms with Crippen molar-refractivity contribution in [3.63, 3.8) is 0 Å². The summed E-state index contributed by atoms with van der Waals surface area (Å²) in [6, 6.07) is 10.7. The zero-order valence-electron chi connectivity index (χ0n) is 16.4. The van der Waals surface area contributed by atoms with Gasteiger partial charge in [-0.05, 0) is 50.7 Å². The molecule has 0 aromatic heterocycles. The lowest BCUT2D eigenvalue weighted by molar-refractivity contribution is -0.152. The van der Waals surface area contributed by atoms with Crippen LogP contribution in [0.1, 0.15) is 45.4 Å². The molecule has 5 heteroatoms. The molecule has 5 nitrogen and oxygen atoms in total. The second-order valence-electron chi connectivity index (χ2n) is 8.25. The molecule has 2 amide bonds. The van der Waals surface area contributed by atoms with Gasteiger partial charge in [0.1, 0.15) is 5.41 Å². The van der Waals surface area contributed by atoms with Crippen molar-refractivity contribution in [1.82, 2.24) is 9.80 Å². The van der Waals surface area contributed by atoms with Crippen LogP contribution in [0.4, 0.5) is 5.69 Å². The minimum absolute atomic E-state index is 0.0839. The fraction of sp³-hybridized carbons (Fsp3) is 0.636. The molecule has 0 N–H and O–H groups in total. The minimum atomic E-state index is -0.736. The highest BCUT2D eigenvalue weighted by molar-refractivity contribution is 6.08. The summed E-state index contributed by atoms with van der Waals surface area (Å²) in [6.07, 6.45) is 5.81. The summed E-state index contributed by atoms with van der Waals surface area (Å²) in [5.41, 5.74) is 0.473. The maximum absolute atomic E-state index is 13.3. The lowest BCUT2D eigenvalue weighted by Gasteiger charge is -2.40. The number of nitrogens with zero attached hydrogens (tertiary/aromatic N) is 3. The first-order valence-corrected chi connectivity index (χ1v) is 10.6. The Bertz CT molecular complexity index is 678. The molecule has 146 valence electrons. The second kappa shape index (κ2) is 7.53. The first-order chi connectivity index (χ1) is 13.2. The molecule has 27 heavy (non-hydrogen) atoms. The molecule has 0 bridgehead atoms. The van der Waals surface area contributed by atoms with Crippen molar-refractivity contribution in [2.45, 2.75) is 51.5 Å². The van der Waals surface area contributed by atoms with Gasteiger partial charge in [0.2, 0.25) is 11.8 Å². The van der Waals surface area contributed by atoms with E-state index >= 15 is 0 Å². The second-order valence-corrected chi connectivity index (χ2v) is 8.25. The van der Waals surface area contributed by atoms with E-state index in [2.05, 4.69) is 24.0 Å². The Morgan fingerprint density at radius 1 is 0.963 bits per heavy atom. The van der Waals surface area contributed by atoms with Crippen LogP contribution < -0.4 is 4.90 Å². The van der Waals surface area contributed by atoms with Crippen molar-refractivity contribution >= 4 is 17.5 Å². The van der Waals surface area contributed by atoms with Crippen LogP contribution in [0, 0.1) is 5.41 Å². The Balaban J connectivity index is 1.40. The van der Waals surface area contributed by atoms with Gasteiger partial charge >= 0.3 is 0 Å². The van der Waals surface area contributed by atoms with Crippen molar-refractivity contribution < 1.29 is 9.59 Å². The predicted octanol–water partition coefficient (Wildman–Crippen LogP) is 2.91. The molecular weight excluding hydrogens is 338 g/mol. The van der Waals surface area contributed by atoms with Gasteiger partial charge in [0, 0.05) is 44.5 Å². The third-order valence-electron chi connectivity index (χ3n) is 6.62. The van der Waals surface area contributed by atoms with E-state index < -0.39 is 5.41 Å². The van der Waals surface area contributed by atoms with Gasteiger partial charge in [0.05, 0.1) is 0 Å². The minimum Gasteiger partial charge on any atom is -0.368 e. The molecule has 1 unspecified atom stereocenters. The number of amides is 2. The van der Waals surface area contributed by atoms with E-state index in [0.29, 0.717) is 19.1 Å². The Kier molecular flexibility index (Phi) is 5.11. The number of benzene rings is 1. The third kappa shape index (κ3) is 3.44. The summed E-state index contributed by atoms with van der Waals surface area (Å²) >= 11 is 0. The molecule has 1 aromatic rings. The van der Waals surface area contributed by atoms with Gasteiger partial charge in [-0.15, -0.1) is 0 Å². The summed E-state index contributed by atoms with van der Waals surface area (Å²) < 4.78 is 0. The summed E-state index contributed by atoms with van der Waals surface area (Å²) in [6.45, 7) is 6.07. The number of rotatable bonds is 4. The lowest BCUT2D eigenvalue weighted by atomic mass is 9.95. The highest BCUT2D eigenvalue weighted by Gasteiger charge is 2.60. The number of anilines is 1. The van der Waals surface area contributed by atoms with Crippen molar-refractivity contribution in [3.8, 4) is 0 Å². The molecule has 3 aliphatic rings. The SMILES string of the molecule is CCC1CCCCN1C(=O)C1(C(=O)N2CCN(c3ccccc3)CC2)CC1. The summed E-state index contributed by atoms with van der Waals surface area (Å²) in [5.74, 6) is 0.199. The van der Waals surface area contributed by atoms with E-state index in [-0.39, 0.29) is 11.8 Å². The smallest absolute Gasteiger partial charge is 0.238 e. The summed E-state index contributed by atoms with van der Waals surface area (Å²) in [4.78, 5) is 32.9. The molecule has 1 saturated carbocycles. The van der Waals surface area contributed by atoms with E-state index in [4.69, 9.17) is 0 Å². The van der Waals surface area contributed by atoms with Crippen molar-refractivity contribution in [2.75, 3.05) is 37.6 Å². The maximum atomic E-state index is 13.3. The van der Waals surface area contributed by atoms with Crippen LogP contribution in [-0.4, -0.2) is 60.4 Å². The third-order valence-corrected chi connectivity index (χ3v) is 6.62. The number of carbonyl (C=O) groups excluding carboxylic acids is 2. The number of likely N-dealkylation sites (tertiary alicyclic amines) is 1. The molecule has 2 aliphatic heterocycles. The quantitative estimate of drug-likeness (QED) is 0.767. The van der Waals surface area contributed by atoms with Gasteiger partial charge in [-0.1, -0.05) is 25.1 Å². The van der Waals surface area contributed by atoms with Crippen LogP contribution in [0.5, 0.6) is 0 Å². The monoisotopic (exact) mass is 369 g/mol. The van der Waals surface area contributed by atoms with Gasteiger partial charge in [-0.2, -0.15) is 0 Å². The zero-order chi connectivity index (χ0) is 18.9. The average molecular weight is 370 g/mol. The Labute approximate surface area is 162 Å². The van der Waals surface area contributed by atoms with Crippen molar-refractivity contribution in [1.29, 1.82) is 0 Å². The van der Waals surface area contributed by atoms with E-state index in [1.54, 1.807) is 0 Å². The first kappa shape index (κ1) is 18.3. The fourth-order valence-electron chi connectivity index (χ4n) is 4.72. The molecule has 1 aromatic carbocycles. The number of hydrogen-bond donors (Lipinski definition) is 0. The molecule has 1 aliphatic carbocycles. The zero-order valence-corrected chi connectivity index (χ0v) is 16.4. The van der Waals surface area contributed by atoms with Crippen LogP contribution in [-0.2, 0) is 9.59 Å². The number of para-hydroxylation sites is 1. The normalized spacial score (nSPS) is 24.6. The van der Waals surface area contributed by atoms with E-state index in [1.165, 1.54) is 12.1 Å². The molecule has 1 atom stereocenters. The number of hydrogen-bond acceptors (Lipinski definition) is 3. The van der Waals surface area contributed by atoms with Crippen LogP contribution in [0.15, 0.2) is 30.3 Å².